The van der Waals surface area contributed by atoms with Crippen molar-refractivity contribution in [2.24, 2.45) is 4.99 Å². The normalized spacial score (nSPS) is 16.6. The Labute approximate surface area is 178 Å². The van der Waals surface area contributed by atoms with Gasteiger partial charge in [0, 0.05) is 63.8 Å². The van der Waals surface area contributed by atoms with E-state index < -0.39 is 0 Å². The molecule has 0 bridgehead atoms. The van der Waals surface area contributed by atoms with Gasteiger partial charge in [-0.15, -0.1) is 0 Å². The van der Waals surface area contributed by atoms with E-state index in [2.05, 4.69) is 84.7 Å². The largest absolute Gasteiger partial charge is 0.369 e. The average Bonchev–Trinajstić information content (AvgIpc) is 3.44. The number of guanidine groups is 1. The molecule has 2 heterocycles. The van der Waals surface area contributed by atoms with Crippen LogP contribution in [0.2, 0.25) is 0 Å². The zero-order chi connectivity index (χ0) is 20.6. The van der Waals surface area contributed by atoms with E-state index in [0.29, 0.717) is 6.04 Å². The molecule has 1 aromatic heterocycles. The van der Waals surface area contributed by atoms with E-state index >= 15 is 0 Å². The van der Waals surface area contributed by atoms with E-state index in [9.17, 15) is 0 Å². The predicted molar refractivity (Wildman–Crippen MR) is 123 cm³/mol. The van der Waals surface area contributed by atoms with Crippen LogP contribution >= 0.6 is 0 Å². The van der Waals surface area contributed by atoms with Crippen LogP contribution in [0.4, 0.5) is 5.69 Å². The monoisotopic (exact) mass is 402 g/mol. The summed E-state index contributed by atoms with van der Waals surface area (Å²) in [4.78, 5) is 11.4. The molecule has 0 amide bonds. The lowest BCUT2D eigenvalue weighted by molar-refractivity contribution is 0.641. The van der Waals surface area contributed by atoms with Gasteiger partial charge in [-0.25, -0.2) is 4.98 Å². The lowest BCUT2D eigenvalue weighted by Crippen LogP contribution is -2.45. The lowest BCUT2D eigenvalue weighted by atomic mass is 10.2. The summed E-state index contributed by atoms with van der Waals surface area (Å²) in [6.45, 7) is 3.70. The van der Waals surface area contributed by atoms with Gasteiger partial charge in [-0.3, -0.25) is 4.99 Å². The van der Waals surface area contributed by atoms with Gasteiger partial charge in [-0.2, -0.15) is 0 Å². The van der Waals surface area contributed by atoms with E-state index in [1.165, 1.54) is 11.3 Å². The smallest absolute Gasteiger partial charge is 0.191 e. The maximum Gasteiger partial charge on any atom is 0.191 e. The second-order valence-electron chi connectivity index (χ2n) is 7.62. The Bertz CT molecular complexity index is 935. The van der Waals surface area contributed by atoms with E-state index in [1.54, 1.807) is 0 Å². The number of para-hydroxylation sites is 1. The molecule has 2 N–H and O–H groups in total. The number of hydrogen-bond donors (Lipinski definition) is 2. The summed E-state index contributed by atoms with van der Waals surface area (Å²) >= 11 is 0. The standard InChI is InChI=1S/C24H30N6/c1-25-24(28-21-13-16-29(19-21)22-10-6-3-7-11-22)27-14-12-23-26-15-17-30(23)18-20-8-4-2-5-9-20/h2-11,15,17,21H,12-14,16,18-19H2,1H3,(H2,25,27,28). The molecule has 3 aromatic rings. The van der Waals surface area contributed by atoms with Gasteiger partial charge in [-0.05, 0) is 24.1 Å². The summed E-state index contributed by atoms with van der Waals surface area (Å²) in [5.41, 5.74) is 2.57. The third kappa shape index (κ3) is 5.20. The Kier molecular flexibility index (Phi) is 6.65. The molecule has 2 aromatic carbocycles. The van der Waals surface area contributed by atoms with Crippen LogP contribution in [0.3, 0.4) is 0 Å². The fourth-order valence-electron chi connectivity index (χ4n) is 3.92. The van der Waals surface area contributed by atoms with Crippen LogP contribution in [-0.4, -0.2) is 48.2 Å². The molecular weight excluding hydrogens is 372 g/mol. The second kappa shape index (κ2) is 9.96. The van der Waals surface area contributed by atoms with Gasteiger partial charge in [0.25, 0.3) is 0 Å². The van der Waals surface area contributed by atoms with Crippen LogP contribution in [0.5, 0.6) is 0 Å². The lowest BCUT2D eigenvalue weighted by Gasteiger charge is -2.20. The molecule has 0 saturated carbocycles. The van der Waals surface area contributed by atoms with Crippen LogP contribution in [0.1, 0.15) is 17.8 Å². The maximum atomic E-state index is 4.54. The van der Waals surface area contributed by atoms with Gasteiger partial charge in [0.1, 0.15) is 5.82 Å². The number of hydrogen-bond acceptors (Lipinski definition) is 3. The highest BCUT2D eigenvalue weighted by Crippen LogP contribution is 2.19. The van der Waals surface area contributed by atoms with Gasteiger partial charge in [0.2, 0.25) is 0 Å². The van der Waals surface area contributed by atoms with Gasteiger partial charge >= 0.3 is 0 Å². The highest BCUT2D eigenvalue weighted by atomic mass is 15.2. The molecule has 30 heavy (non-hydrogen) atoms. The number of anilines is 1. The van der Waals surface area contributed by atoms with Gasteiger partial charge < -0.3 is 20.1 Å². The van der Waals surface area contributed by atoms with Crippen molar-refractivity contribution in [1.82, 2.24) is 20.2 Å². The summed E-state index contributed by atoms with van der Waals surface area (Å²) in [5, 5.41) is 7.02. The molecule has 1 atom stereocenters. The first-order chi connectivity index (χ1) is 14.8. The number of rotatable bonds is 7. The first-order valence-corrected chi connectivity index (χ1v) is 10.6. The minimum atomic E-state index is 0.400. The molecule has 1 saturated heterocycles. The molecule has 1 aliphatic rings. The minimum absolute atomic E-state index is 0.400. The molecule has 4 rings (SSSR count). The minimum Gasteiger partial charge on any atom is -0.369 e. The van der Waals surface area contributed by atoms with Crippen molar-refractivity contribution in [1.29, 1.82) is 0 Å². The van der Waals surface area contributed by atoms with Crippen LogP contribution in [0, 0.1) is 0 Å². The van der Waals surface area contributed by atoms with Crippen molar-refractivity contribution in [2.75, 3.05) is 31.6 Å². The SMILES string of the molecule is CN=C(NCCc1nccn1Cc1ccccc1)NC1CCN(c2ccccc2)C1. The Morgan fingerprint density at radius 2 is 1.87 bits per heavy atom. The van der Waals surface area contributed by atoms with Crippen molar-refractivity contribution in [3.05, 3.63) is 84.4 Å². The Hall–Kier alpha value is -3.28. The van der Waals surface area contributed by atoms with Gasteiger partial charge in [0.05, 0.1) is 0 Å². The summed E-state index contributed by atoms with van der Waals surface area (Å²) in [5.74, 6) is 1.94. The molecule has 1 unspecified atom stereocenters. The zero-order valence-electron chi connectivity index (χ0n) is 17.5. The van der Waals surface area contributed by atoms with Gasteiger partial charge in [-0.1, -0.05) is 48.5 Å². The van der Waals surface area contributed by atoms with Crippen molar-refractivity contribution in [3.8, 4) is 0 Å². The van der Waals surface area contributed by atoms with E-state index in [-0.39, 0.29) is 0 Å². The number of aliphatic imine (C=N–C) groups is 1. The van der Waals surface area contributed by atoms with Crippen molar-refractivity contribution in [2.45, 2.75) is 25.4 Å². The van der Waals surface area contributed by atoms with Crippen LogP contribution in [-0.2, 0) is 13.0 Å². The molecule has 1 aliphatic heterocycles. The third-order valence-corrected chi connectivity index (χ3v) is 5.51. The quantitative estimate of drug-likeness (QED) is 0.471. The van der Waals surface area contributed by atoms with Crippen LogP contribution < -0.4 is 15.5 Å². The Morgan fingerprint density at radius 3 is 2.63 bits per heavy atom. The van der Waals surface area contributed by atoms with E-state index in [0.717, 1.165) is 50.8 Å². The molecule has 6 nitrogen and oxygen atoms in total. The molecule has 156 valence electrons. The first kappa shape index (κ1) is 20.0. The predicted octanol–water partition coefficient (Wildman–Crippen LogP) is 2.92. The number of nitrogens with zero attached hydrogens (tertiary/aromatic N) is 4. The van der Waals surface area contributed by atoms with Crippen LogP contribution in [0.15, 0.2) is 78.0 Å². The topological polar surface area (TPSA) is 57.5 Å². The Balaban J connectivity index is 1.25. The third-order valence-electron chi connectivity index (χ3n) is 5.51. The molecule has 6 heteroatoms. The maximum absolute atomic E-state index is 4.54. The average molecular weight is 403 g/mol. The summed E-state index contributed by atoms with van der Waals surface area (Å²) in [6.07, 6.45) is 5.88. The first-order valence-electron chi connectivity index (χ1n) is 10.6. The highest BCUT2D eigenvalue weighted by Gasteiger charge is 2.23. The number of aromatic nitrogens is 2. The zero-order valence-corrected chi connectivity index (χ0v) is 17.5. The number of benzene rings is 2. The summed E-state index contributed by atoms with van der Waals surface area (Å²) in [7, 11) is 1.83. The van der Waals surface area contributed by atoms with Crippen molar-refractivity contribution in [3.63, 3.8) is 0 Å². The molecule has 0 aliphatic carbocycles. The highest BCUT2D eigenvalue weighted by molar-refractivity contribution is 5.80. The second-order valence-corrected chi connectivity index (χ2v) is 7.62. The van der Waals surface area contributed by atoms with Crippen LogP contribution in [0.25, 0.3) is 0 Å². The van der Waals surface area contributed by atoms with Gasteiger partial charge in [0.15, 0.2) is 5.96 Å². The summed E-state index contributed by atoms with van der Waals surface area (Å²) in [6, 6.07) is 21.5. The van der Waals surface area contributed by atoms with Crippen molar-refractivity contribution >= 4 is 11.6 Å². The van der Waals surface area contributed by atoms with E-state index in [1.807, 2.05) is 25.5 Å². The molecule has 1 fully saturated rings. The number of nitrogens with one attached hydrogen (secondary N) is 2. The number of imidazole rings is 1. The molecule has 0 spiro atoms. The fraction of sp³-hybridized carbons (Fsp3) is 0.333. The summed E-state index contributed by atoms with van der Waals surface area (Å²) < 4.78 is 2.21. The van der Waals surface area contributed by atoms with Crippen molar-refractivity contribution < 1.29 is 0 Å². The fourth-order valence-corrected chi connectivity index (χ4v) is 3.92. The van der Waals surface area contributed by atoms with E-state index in [4.69, 9.17) is 0 Å². The molecular formula is C24H30N6. The molecule has 0 radical (unpaired) electrons. The Morgan fingerprint density at radius 1 is 1.10 bits per heavy atom.